The Balaban J connectivity index is 1.60. The fourth-order valence-corrected chi connectivity index (χ4v) is 4.69. The Morgan fingerprint density at radius 1 is 1.05 bits per heavy atom. The van der Waals surface area contributed by atoms with Crippen LogP contribution < -0.4 is 5.32 Å². The Kier molecular flexibility index (Phi) is 5.36. The van der Waals surface area contributed by atoms with Gasteiger partial charge in [0.15, 0.2) is 0 Å². The van der Waals surface area contributed by atoms with E-state index in [4.69, 9.17) is 0 Å². The van der Waals surface area contributed by atoms with Crippen LogP contribution in [0, 0.1) is 0 Å². The quantitative estimate of drug-likeness (QED) is 0.834. The highest BCUT2D eigenvalue weighted by atomic mass is 15.3. The molecule has 3 saturated heterocycles. The van der Waals surface area contributed by atoms with E-state index in [0.29, 0.717) is 0 Å². The summed E-state index contributed by atoms with van der Waals surface area (Å²) < 4.78 is 0. The normalized spacial score (nSPS) is 35.4. The summed E-state index contributed by atoms with van der Waals surface area (Å²) in [6.07, 6.45) is 11.3. The van der Waals surface area contributed by atoms with Gasteiger partial charge in [-0.25, -0.2) is 0 Å². The molecule has 3 nitrogen and oxygen atoms in total. The number of hydrogen-bond donors (Lipinski definition) is 1. The minimum Gasteiger partial charge on any atom is -0.313 e. The average Bonchev–Trinajstić information content (AvgIpc) is 2.92. The van der Waals surface area contributed by atoms with Gasteiger partial charge >= 0.3 is 0 Å². The van der Waals surface area contributed by atoms with E-state index in [-0.39, 0.29) is 0 Å². The highest BCUT2D eigenvalue weighted by Gasteiger charge is 2.38. The van der Waals surface area contributed by atoms with E-state index in [1.54, 1.807) is 0 Å². The lowest BCUT2D eigenvalue weighted by Gasteiger charge is -2.40. The molecule has 20 heavy (non-hydrogen) atoms. The molecule has 0 bridgehead atoms. The SMILES string of the molecule is CCCN(CC1CCCCN1)C1CCN2CCCCC12. The minimum atomic E-state index is 0.757. The number of nitrogens with one attached hydrogen (secondary N) is 1. The average molecular weight is 279 g/mol. The Hall–Kier alpha value is -0.120. The third kappa shape index (κ3) is 3.37. The molecule has 0 radical (unpaired) electrons. The molecule has 0 aromatic heterocycles. The van der Waals surface area contributed by atoms with Gasteiger partial charge in [0.1, 0.15) is 0 Å². The summed E-state index contributed by atoms with van der Waals surface area (Å²) >= 11 is 0. The van der Waals surface area contributed by atoms with Crippen molar-refractivity contribution < 1.29 is 0 Å². The smallest absolute Gasteiger partial charge is 0.0264 e. The summed E-state index contributed by atoms with van der Waals surface area (Å²) in [5.41, 5.74) is 0. The zero-order chi connectivity index (χ0) is 13.8. The van der Waals surface area contributed by atoms with Crippen LogP contribution in [0.4, 0.5) is 0 Å². The fourth-order valence-electron chi connectivity index (χ4n) is 4.69. The Labute approximate surface area is 125 Å². The van der Waals surface area contributed by atoms with Crippen molar-refractivity contribution in [2.75, 3.05) is 32.7 Å². The van der Waals surface area contributed by atoms with Crippen LogP contribution in [0.5, 0.6) is 0 Å². The van der Waals surface area contributed by atoms with Gasteiger partial charge in [-0.15, -0.1) is 0 Å². The summed E-state index contributed by atoms with van der Waals surface area (Å²) in [5, 5.41) is 3.75. The van der Waals surface area contributed by atoms with Gasteiger partial charge in [-0.3, -0.25) is 9.80 Å². The van der Waals surface area contributed by atoms with Crippen molar-refractivity contribution in [1.29, 1.82) is 0 Å². The van der Waals surface area contributed by atoms with Crippen LogP contribution in [0.25, 0.3) is 0 Å². The van der Waals surface area contributed by atoms with Gasteiger partial charge in [-0.1, -0.05) is 19.8 Å². The first-order valence-corrected chi connectivity index (χ1v) is 9.10. The van der Waals surface area contributed by atoms with Crippen molar-refractivity contribution in [2.24, 2.45) is 0 Å². The van der Waals surface area contributed by atoms with E-state index < -0.39 is 0 Å². The van der Waals surface area contributed by atoms with E-state index in [1.165, 1.54) is 84.1 Å². The molecule has 3 aliphatic rings. The molecule has 0 amide bonds. The van der Waals surface area contributed by atoms with Crippen LogP contribution in [-0.2, 0) is 0 Å². The first-order chi connectivity index (χ1) is 9.88. The standard InChI is InChI=1S/C17H33N3/c1-2-11-20(14-15-7-3-5-10-18-15)17-9-13-19-12-6-4-8-16(17)19/h15-18H,2-14H2,1H3. The number of nitrogens with zero attached hydrogens (tertiary/aromatic N) is 2. The third-order valence-corrected chi connectivity index (χ3v) is 5.67. The number of rotatable bonds is 5. The van der Waals surface area contributed by atoms with Crippen molar-refractivity contribution >= 4 is 0 Å². The molecule has 3 unspecified atom stereocenters. The van der Waals surface area contributed by atoms with Crippen LogP contribution in [0.15, 0.2) is 0 Å². The van der Waals surface area contributed by atoms with Crippen LogP contribution in [0.1, 0.15) is 58.3 Å². The second-order valence-corrected chi connectivity index (χ2v) is 7.10. The van der Waals surface area contributed by atoms with Gasteiger partial charge in [-0.2, -0.15) is 0 Å². The molecule has 3 aliphatic heterocycles. The van der Waals surface area contributed by atoms with Gasteiger partial charge in [-0.05, 0) is 58.2 Å². The first kappa shape index (κ1) is 14.8. The summed E-state index contributed by atoms with van der Waals surface area (Å²) in [6.45, 7) is 8.90. The topological polar surface area (TPSA) is 18.5 Å². The fraction of sp³-hybridized carbons (Fsp3) is 1.00. The monoisotopic (exact) mass is 279 g/mol. The lowest BCUT2D eigenvalue weighted by Crippen LogP contribution is -2.52. The van der Waals surface area contributed by atoms with Gasteiger partial charge in [0, 0.05) is 31.2 Å². The Morgan fingerprint density at radius 2 is 1.95 bits per heavy atom. The first-order valence-electron chi connectivity index (χ1n) is 9.10. The molecule has 3 rings (SSSR count). The highest BCUT2D eigenvalue weighted by Crippen LogP contribution is 2.31. The zero-order valence-corrected chi connectivity index (χ0v) is 13.3. The van der Waals surface area contributed by atoms with Gasteiger partial charge in [0.25, 0.3) is 0 Å². The van der Waals surface area contributed by atoms with E-state index in [9.17, 15) is 0 Å². The van der Waals surface area contributed by atoms with Crippen molar-refractivity contribution in [2.45, 2.75) is 76.4 Å². The molecule has 3 fully saturated rings. The van der Waals surface area contributed by atoms with E-state index in [2.05, 4.69) is 22.0 Å². The summed E-state index contributed by atoms with van der Waals surface area (Å²) in [5.74, 6) is 0. The van der Waals surface area contributed by atoms with E-state index in [1.807, 2.05) is 0 Å². The third-order valence-electron chi connectivity index (χ3n) is 5.67. The molecule has 116 valence electrons. The summed E-state index contributed by atoms with van der Waals surface area (Å²) in [7, 11) is 0. The zero-order valence-electron chi connectivity index (χ0n) is 13.3. The molecule has 3 atom stereocenters. The molecule has 1 N–H and O–H groups in total. The van der Waals surface area contributed by atoms with Crippen LogP contribution in [0.2, 0.25) is 0 Å². The maximum absolute atomic E-state index is 3.75. The minimum absolute atomic E-state index is 0.757. The Bertz CT molecular complexity index is 288. The maximum atomic E-state index is 3.75. The number of hydrogen-bond acceptors (Lipinski definition) is 3. The molecule has 0 aliphatic carbocycles. The van der Waals surface area contributed by atoms with Gasteiger partial charge < -0.3 is 5.32 Å². The van der Waals surface area contributed by atoms with Gasteiger partial charge in [0.05, 0.1) is 0 Å². The number of fused-ring (bicyclic) bond motifs is 1. The molecular weight excluding hydrogens is 246 g/mol. The molecule has 3 heteroatoms. The predicted molar refractivity (Wildman–Crippen MR) is 85.1 cm³/mol. The van der Waals surface area contributed by atoms with Crippen molar-refractivity contribution in [3.05, 3.63) is 0 Å². The molecule has 0 aromatic carbocycles. The summed E-state index contributed by atoms with van der Waals surface area (Å²) in [6, 6.07) is 2.48. The second-order valence-electron chi connectivity index (χ2n) is 7.10. The maximum Gasteiger partial charge on any atom is 0.0264 e. The van der Waals surface area contributed by atoms with Crippen molar-refractivity contribution in [3.8, 4) is 0 Å². The number of piperidine rings is 2. The lowest BCUT2D eigenvalue weighted by atomic mass is 9.96. The van der Waals surface area contributed by atoms with Crippen molar-refractivity contribution in [1.82, 2.24) is 15.1 Å². The lowest BCUT2D eigenvalue weighted by molar-refractivity contribution is 0.102. The van der Waals surface area contributed by atoms with E-state index >= 15 is 0 Å². The summed E-state index contributed by atoms with van der Waals surface area (Å²) in [4.78, 5) is 5.63. The van der Waals surface area contributed by atoms with Crippen LogP contribution in [-0.4, -0.2) is 60.6 Å². The predicted octanol–water partition coefficient (Wildman–Crippen LogP) is 2.47. The van der Waals surface area contributed by atoms with Crippen LogP contribution >= 0.6 is 0 Å². The van der Waals surface area contributed by atoms with E-state index in [0.717, 1.165) is 18.1 Å². The van der Waals surface area contributed by atoms with Crippen molar-refractivity contribution in [3.63, 3.8) is 0 Å². The highest BCUT2D eigenvalue weighted by molar-refractivity contribution is 4.96. The molecule has 0 aromatic rings. The molecule has 0 spiro atoms. The second kappa shape index (κ2) is 7.24. The molecule has 0 saturated carbocycles. The largest absolute Gasteiger partial charge is 0.313 e. The van der Waals surface area contributed by atoms with Crippen LogP contribution in [0.3, 0.4) is 0 Å². The molecular formula is C17H33N3. The molecule has 3 heterocycles. The van der Waals surface area contributed by atoms with Gasteiger partial charge in [0.2, 0.25) is 0 Å². The Morgan fingerprint density at radius 3 is 2.75 bits per heavy atom.